The molecule has 0 radical (unpaired) electrons. The van der Waals surface area contributed by atoms with Crippen LogP contribution in [0.3, 0.4) is 0 Å². The van der Waals surface area contributed by atoms with E-state index in [1.165, 1.54) is 0 Å². The molecule has 0 spiro atoms. The lowest BCUT2D eigenvalue weighted by Crippen LogP contribution is -2.50. The summed E-state index contributed by atoms with van der Waals surface area (Å²) in [5.74, 6) is 0. The summed E-state index contributed by atoms with van der Waals surface area (Å²) in [5.41, 5.74) is 0. The van der Waals surface area contributed by atoms with Crippen LogP contribution >= 0.6 is 0 Å². The molecule has 6 heteroatoms. The van der Waals surface area contributed by atoms with Crippen molar-refractivity contribution >= 4 is 0 Å². The number of hydrogen-bond donors (Lipinski definition) is 3. The summed E-state index contributed by atoms with van der Waals surface area (Å²) in [6, 6.07) is 0. The first-order valence-corrected chi connectivity index (χ1v) is 8.08. The van der Waals surface area contributed by atoms with Crippen LogP contribution < -0.4 is 0 Å². The smallest absolute Gasteiger partial charge is 0.0639 e. The van der Waals surface area contributed by atoms with Crippen molar-refractivity contribution < 1.29 is 15.3 Å². The minimum Gasteiger partial charge on any atom is -0.392 e. The van der Waals surface area contributed by atoms with E-state index >= 15 is 0 Å². The summed E-state index contributed by atoms with van der Waals surface area (Å²) < 4.78 is 0. The first-order valence-electron chi connectivity index (χ1n) is 8.08. The highest BCUT2D eigenvalue weighted by Gasteiger charge is 2.19. The molecule has 21 heavy (non-hydrogen) atoms. The zero-order valence-corrected chi connectivity index (χ0v) is 13.8. The highest BCUT2D eigenvalue weighted by atomic mass is 16.3. The minimum absolute atomic E-state index is 0.260. The van der Waals surface area contributed by atoms with Gasteiger partial charge < -0.3 is 15.3 Å². The third-order valence-corrected chi connectivity index (χ3v) is 3.76. The number of piperazine rings is 1. The van der Waals surface area contributed by atoms with E-state index in [2.05, 4.69) is 14.7 Å². The van der Waals surface area contributed by atoms with Gasteiger partial charge in [-0.1, -0.05) is 0 Å². The Labute approximate surface area is 129 Å². The van der Waals surface area contributed by atoms with E-state index in [1.807, 2.05) is 6.92 Å². The second kappa shape index (κ2) is 9.71. The van der Waals surface area contributed by atoms with Crippen LogP contribution in [-0.4, -0.2) is 107 Å². The molecule has 0 aromatic rings. The van der Waals surface area contributed by atoms with Gasteiger partial charge in [0.2, 0.25) is 0 Å². The van der Waals surface area contributed by atoms with Gasteiger partial charge in [-0.2, -0.15) is 0 Å². The third kappa shape index (κ3) is 8.70. The van der Waals surface area contributed by atoms with Gasteiger partial charge in [0.05, 0.1) is 18.3 Å². The highest BCUT2D eigenvalue weighted by Crippen LogP contribution is 2.04. The molecule has 0 amide bonds. The first-order chi connectivity index (χ1) is 9.86. The zero-order valence-electron chi connectivity index (χ0n) is 13.8. The predicted molar refractivity (Wildman–Crippen MR) is 84.4 cm³/mol. The number of aliphatic hydroxyl groups excluding tert-OH is 3. The van der Waals surface area contributed by atoms with Gasteiger partial charge in [0.15, 0.2) is 0 Å². The molecule has 0 unspecified atom stereocenters. The molecular weight excluding hydrogens is 270 g/mol. The average molecular weight is 303 g/mol. The zero-order chi connectivity index (χ0) is 15.8. The third-order valence-electron chi connectivity index (χ3n) is 3.76. The number of aliphatic hydroxyl groups is 3. The van der Waals surface area contributed by atoms with Crippen LogP contribution in [0.4, 0.5) is 0 Å². The number of nitrogens with zero attached hydrogens (tertiary/aromatic N) is 3. The van der Waals surface area contributed by atoms with Crippen LogP contribution in [0.1, 0.15) is 20.8 Å². The number of β-amino-alcohol motifs (C(OH)–C–C–N with tert-alkyl or cyclic N) is 1. The lowest BCUT2D eigenvalue weighted by molar-refractivity contribution is 0.0579. The van der Waals surface area contributed by atoms with E-state index in [0.29, 0.717) is 13.1 Å². The lowest BCUT2D eigenvalue weighted by Gasteiger charge is -2.36. The second-order valence-electron chi connectivity index (χ2n) is 6.45. The molecule has 0 aliphatic carbocycles. The van der Waals surface area contributed by atoms with Crippen LogP contribution in [-0.2, 0) is 0 Å². The molecule has 0 saturated carbocycles. The molecule has 6 nitrogen and oxygen atoms in total. The minimum atomic E-state index is -0.369. The van der Waals surface area contributed by atoms with Crippen molar-refractivity contribution in [3.63, 3.8) is 0 Å². The van der Waals surface area contributed by atoms with Crippen molar-refractivity contribution in [3.8, 4) is 0 Å². The Balaban J connectivity index is 2.26. The van der Waals surface area contributed by atoms with Gasteiger partial charge in [-0.3, -0.25) is 14.7 Å². The Morgan fingerprint density at radius 2 is 1.29 bits per heavy atom. The molecule has 1 saturated heterocycles. The van der Waals surface area contributed by atoms with Gasteiger partial charge in [-0.05, 0) is 20.8 Å². The van der Waals surface area contributed by atoms with E-state index in [-0.39, 0.29) is 18.3 Å². The van der Waals surface area contributed by atoms with Gasteiger partial charge in [-0.25, -0.2) is 0 Å². The SMILES string of the molecule is C[C@H](O)CN1CCN(CCN(C[C@@H](C)O)C[C@@H](C)O)CC1. The molecule has 126 valence electrons. The van der Waals surface area contributed by atoms with Crippen LogP contribution in [0, 0.1) is 0 Å². The Kier molecular flexibility index (Phi) is 8.70. The van der Waals surface area contributed by atoms with Crippen LogP contribution in [0.15, 0.2) is 0 Å². The van der Waals surface area contributed by atoms with Gasteiger partial charge in [-0.15, -0.1) is 0 Å². The molecule has 3 N–H and O–H groups in total. The fourth-order valence-corrected chi connectivity index (χ4v) is 2.86. The summed E-state index contributed by atoms with van der Waals surface area (Å²) in [6.07, 6.45) is -0.998. The average Bonchev–Trinajstić information content (AvgIpc) is 2.35. The fourth-order valence-electron chi connectivity index (χ4n) is 2.86. The molecule has 1 rings (SSSR count). The largest absolute Gasteiger partial charge is 0.392 e. The summed E-state index contributed by atoms with van der Waals surface area (Å²) in [4.78, 5) is 6.83. The van der Waals surface area contributed by atoms with E-state index in [0.717, 1.165) is 45.8 Å². The van der Waals surface area contributed by atoms with Crippen molar-refractivity contribution in [2.45, 2.75) is 39.1 Å². The molecule has 1 heterocycles. The quantitative estimate of drug-likeness (QED) is 0.510. The topological polar surface area (TPSA) is 70.4 Å². The molecule has 1 fully saturated rings. The second-order valence-corrected chi connectivity index (χ2v) is 6.45. The van der Waals surface area contributed by atoms with Gasteiger partial charge in [0, 0.05) is 58.9 Å². The summed E-state index contributed by atoms with van der Waals surface area (Å²) in [7, 11) is 0. The van der Waals surface area contributed by atoms with Crippen molar-refractivity contribution in [1.82, 2.24) is 14.7 Å². The van der Waals surface area contributed by atoms with E-state index in [1.54, 1.807) is 13.8 Å². The molecule has 3 atom stereocenters. The van der Waals surface area contributed by atoms with Gasteiger partial charge in [0.25, 0.3) is 0 Å². The lowest BCUT2D eigenvalue weighted by atomic mass is 10.2. The van der Waals surface area contributed by atoms with Crippen molar-refractivity contribution in [2.75, 3.05) is 58.9 Å². The van der Waals surface area contributed by atoms with Crippen molar-refractivity contribution in [1.29, 1.82) is 0 Å². The molecule has 0 aromatic heterocycles. The fraction of sp³-hybridized carbons (Fsp3) is 1.00. The normalized spacial score (nSPS) is 22.4. The standard InChI is InChI=1S/C15H33N3O3/c1-13(19)10-17-7-4-16(5-8-17)6-9-18(11-14(2)20)12-15(3)21/h13-15,19-21H,4-12H2,1-3H3/t13-,14+,15+/m0/s1. The van der Waals surface area contributed by atoms with Gasteiger partial charge >= 0.3 is 0 Å². The Hall–Kier alpha value is -0.240. The van der Waals surface area contributed by atoms with E-state index in [9.17, 15) is 15.3 Å². The first kappa shape index (κ1) is 18.8. The van der Waals surface area contributed by atoms with Gasteiger partial charge in [0.1, 0.15) is 0 Å². The summed E-state index contributed by atoms with van der Waals surface area (Å²) >= 11 is 0. The monoisotopic (exact) mass is 303 g/mol. The summed E-state index contributed by atoms with van der Waals surface area (Å²) in [6.45, 7) is 13.2. The van der Waals surface area contributed by atoms with E-state index in [4.69, 9.17) is 0 Å². The van der Waals surface area contributed by atoms with Crippen molar-refractivity contribution in [2.24, 2.45) is 0 Å². The predicted octanol–water partition coefficient (Wildman–Crippen LogP) is -0.952. The molecule has 1 aliphatic rings. The maximum atomic E-state index is 9.52. The number of hydrogen-bond acceptors (Lipinski definition) is 6. The van der Waals surface area contributed by atoms with Crippen LogP contribution in [0.5, 0.6) is 0 Å². The maximum absolute atomic E-state index is 9.52. The molecular formula is C15H33N3O3. The van der Waals surface area contributed by atoms with Crippen LogP contribution in [0.2, 0.25) is 0 Å². The Morgan fingerprint density at radius 1 is 0.810 bits per heavy atom. The molecule has 0 bridgehead atoms. The highest BCUT2D eigenvalue weighted by molar-refractivity contribution is 4.75. The maximum Gasteiger partial charge on any atom is 0.0639 e. The van der Waals surface area contributed by atoms with Crippen LogP contribution in [0.25, 0.3) is 0 Å². The van der Waals surface area contributed by atoms with Crippen molar-refractivity contribution in [3.05, 3.63) is 0 Å². The Morgan fingerprint density at radius 3 is 1.71 bits per heavy atom. The van der Waals surface area contributed by atoms with E-state index < -0.39 is 0 Å². The molecule has 1 aliphatic heterocycles. The summed E-state index contributed by atoms with van der Waals surface area (Å²) in [5, 5.41) is 28.5. The Bertz CT molecular complexity index is 257. The number of rotatable bonds is 9. The molecule has 0 aromatic carbocycles.